The van der Waals surface area contributed by atoms with Gasteiger partial charge in [-0.05, 0) is 242 Å². The van der Waals surface area contributed by atoms with Crippen molar-refractivity contribution in [3.05, 3.63) is 91.0 Å². The van der Waals surface area contributed by atoms with Crippen LogP contribution in [0.25, 0.3) is 0 Å². The van der Waals surface area contributed by atoms with Crippen LogP contribution in [0.5, 0.6) is 46.0 Å². The second-order valence-electron chi connectivity index (χ2n) is 36.5. The van der Waals surface area contributed by atoms with Crippen molar-refractivity contribution in [2.75, 3.05) is 53.6 Å². The summed E-state index contributed by atoms with van der Waals surface area (Å²) in [5.41, 5.74) is 1.39. The molecule has 0 amide bonds. The predicted octanol–water partition coefficient (Wildman–Crippen LogP) is 25.2. The van der Waals surface area contributed by atoms with Gasteiger partial charge in [0.25, 0.3) is 0 Å². The van der Waals surface area contributed by atoms with E-state index in [1.54, 1.807) is 166 Å². The van der Waals surface area contributed by atoms with Crippen LogP contribution in [0.2, 0.25) is 0 Å². The molecular formula is C80H120Br4O24P4. The standard InChI is InChI=1S/C80H120Br4O24P4/c1-73(2,3)101-109(85,102-74(4,5)6)97-33-25-29-49-53-37-55-50(30-26-34-98-110(86,103-75(7,8)9)104-76(10,11)12)57-39-59-52(32-28-36-100-112(88,107-79(19,20)21)108-80(22,23)24)60-40-58-51(31-27-35-99-111(87,105-77(13,14)15)106-78(16,17)18)56-38-54(49)66-62(42-82)68(56)92-47-94-70(58)64(44-84)72(60)96-48-95-71(59)63(43-83)69(57)93-46-91-67(55)61(41-81)65(53)89-45-90-66/h37-40,49-52H,25-36,41-48H2,1-24H3. The maximum Gasteiger partial charge on any atom is 0.475 e. The summed E-state index contributed by atoms with van der Waals surface area (Å²) < 4.78 is 191. The van der Waals surface area contributed by atoms with E-state index in [1.165, 1.54) is 0 Å². The minimum absolute atomic E-state index is 0.0673. The molecule has 112 heavy (non-hydrogen) atoms. The second-order valence-corrected chi connectivity index (χ2v) is 44.8. The number of hydrogen-bond donors (Lipinski definition) is 0. The van der Waals surface area contributed by atoms with Crippen molar-refractivity contribution < 1.29 is 110 Å². The molecule has 5 aliphatic rings. The highest BCUT2D eigenvalue weighted by Gasteiger charge is 2.46. The van der Waals surface area contributed by atoms with Gasteiger partial charge in [0, 0.05) is 112 Å². The Morgan fingerprint density at radius 1 is 0.268 bits per heavy atom. The third-order valence-corrected chi connectivity index (χ3v) is 27.7. The Labute approximate surface area is 698 Å². The fourth-order valence-electron chi connectivity index (χ4n) is 14.2. The van der Waals surface area contributed by atoms with E-state index < -0.39 is 99.8 Å². The van der Waals surface area contributed by atoms with E-state index in [0.29, 0.717) is 93.9 Å². The van der Waals surface area contributed by atoms with Crippen LogP contribution < -0.4 is 37.9 Å². The molecule has 4 heterocycles. The molecule has 1 aliphatic carbocycles. The van der Waals surface area contributed by atoms with Crippen molar-refractivity contribution >= 4 is 95.0 Å². The summed E-state index contributed by atoms with van der Waals surface area (Å²) in [5.74, 6) is 1.37. The quantitative estimate of drug-likeness (QED) is 0.0250. The third kappa shape index (κ3) is 24.9. The first-order valence-electron chi connectivity index (χ1n) is 38.4. The first kappa shape index (κ1) is 93.5. The van der Waals surface area contributed by atoms with Gasteiger partial charge in [-0.25, -0.2) is 18.3 Å². The molecule has 32 heteroatoms. The minimum Gasteiger partial charge on any atom is -0.457 e. The van der Waals surface area contributed by atoms with Crippen LogP contribution in [0.1, 0.15) is 308 Å². The van der Waals surface area contributed by atoms with Crippen molar-refractivity contribution in [2.45, 2.75) is 307 Å². The zero-order chi connectivity index (χ0) is 83.0. The first-order chi connectivity index (χ1) is 51.7. The summed E-state index contributed by atoms with van der Waals surface area (Å²) >= 11 is 15.9. The summed E-state index contributed by atoms with van der Waals surface area (Å²) in [6.45, 7) is 41.9. The SMILES string of the molecule is CC(C)(C)OP(=O)(OCCCC1c2cc3c4c(CBr)c2OCOc2c1cc1c(c2CBr)OCOc2c(cc5c(c2CBr)OCOc2c(cc(c(c2CBr)OCO4)C3CCCOP(=O)(OC(C)(C)C)OC(C)(C)C)C5CCCOP(=O)(OC(C)(C)C)OC(C)(C)C)C1CCCOP(=O)(OC(C)(C)C)OC(C)(C)C)OC(C)(C)C. The van der Waals surface area contributed by atoms with Crippen LogP contribution in [0.15, 0.2) is 24.3 Å². The first-order valence-corrected chi connectivity index (χ1v) is 48.7. The van der Waals surface area contributed by atoms with Crippen LogP contribution in [0.3, 0.4) is 0 Å². The Bertz CT molecular complexity index is 3450. The number of phosphoric acid groups is 4. The summed E-state index contributed by atoms with van der Waals surface area (Å²) in [6.07, 6.45) is 2.46. The number of benzene rings is 4. The van der Waals surface area contributed by atoms with Gasteiger partial charge in [-0.2, -0.15) is 0 Å². The zero-order valence-corrected chi connectivity index (χ0v) is 79.8. The van der Waals surface area contributed by atoms with E-state index in [-0.39, 0.29) is 101 Å². The number of hydrogen-bond acceptors (Lipinski definition) is 24. The molecule has 8 bridgehead atoms. The molecule has 0 fully saturated rings. The topological polar surface area (TPSA) is 253 Å². The lowest BCUT2D eigenvalue weighted by Gasteiger charge is -2.37. The van der Waals surface area contributed by atoms with E-state index in [0.717, 1.165) is 44.5 Å². The summed E-state index contributed by atoms with van der Waals surface area (Å²) in [4.78, 5) is 0. The number of ether oxygens (including phenoxy) is 8. The monoisotopic (exact) mass is 1900 g/mol. The Morgan fingerprint density at radius 2 is 0.402 bits per heavy atom. The van der Waals surface area contributed by atoms with Crippen molar-refractivity contribution in [1.82, 2.24) is 0 Å². The van der Waals surface area contributed by atoms with Crippen LogP contribution in [-0.4, -0.2) is 98.4 Å². The molecular weight excluding hydrogens is 1790 g/mol. The van der Waals surface area contributed by atoms with Crippen molar-refractivity contribution in [1.29, 1.82) is 0 Å². The van der Waals surface area contributed by atoms with Crippen molar-refractivity contribution in [3.8, 4) is 46.0 Å². The Morgan fingerprint density at radius 3 is 0.518 bits per heavy atom. The smallest absolute Gasteiger partial charge is 0.457 e. The maximum absolute atomic E-state index is 14.9. The van der Waals surface area contributed by atoms with Gasteiger partial charge in [-0.3, -0.25) is 54.3 Å². The lowest BCUT2D eigenvalue weighted by Crippen LogP contribution is -2.26. The van der Waals surface area contributed by atoms with E-state index in [9.17, 15) is 18.3 Å². The highest BCUT2D eigenvalue weighted by atomic mass is 79.9. The third-order valence-electron chi connectivity index (χ3n) is 17.3. The highest BCUT2D eigenvalue weighted by Crippen LogP contribution is 2.63. The number of phosphoric ester groups is 4. The van der Waals surface area contributed by atoms with Gasteiger partial charge in [0.2, 0.25) is 27.2 Å². The molecule has 0 spiro atoms. The van der Waals surface area contributed by atoms with Crippen molar-refractivity contribution in [2.24, 2.45) is 0 Å². The average molecular weight is 1910 g/mol. The van der Waals surface area contributed by atoms with Gasteiger partial charge in [0.1, 0.15) is 46.0 Å². The average Bonchev–Trinajstić information content (AvgIpc) is 0.719. The predicted molar refractivity (Wildman–Crippen MR) is 446 cm³/mol. The van der Waals surface area contributed by atoms with Gasteiger partial charge in [-0.15, -0.1) is 0 Å². The molecule has 0 saturated carbocycles. The molecule has 0 unspecified atom stereocenters. The number of halogens is 4. The molecule has 632 valence electrons. The summed E-state index contributed by atoms with van der Waals surface area (Å²) in [6, 6.07) is 8.67. The minimum atomic E-state index is -4.23. The van der Waals surface area contributed by atoms with E-state index in [4.69, 9.17) is 92.2 Å². The van der Waals surface area contributed by atoms with Crippen LogP contribution in [0.4, 0.5) is 0 Å². The maximum atomic E-state index is 14.9. The fraction of sp³-hybridized carbons (Fsp3) is 0.700. The van der Waals surface area contributed by atoms with Gasteiger partial charge in [-0.1, -0.05) is 63.7 Å². The summed E-state index contributed by atoms with van der Waals surface area (Å²) in [5, 5.41) is 0.895. The van der Waals surface area contributed by atoms with Gasteiger partial charge in [0.05, 0.1) is 71.2 Å². The van der Waals surface area contributed by atoms with Gasteiger partial charge < -0.3 is 37.9 Å². The molecule has 24 nitrogen and oxygen atoms in total. The van der Waals surface area contributed by atoms with E-state index >= 15 is 0 Å². The highest BCUT2D eigenvalue weighted by molar-refractivity contribution is 9.09. The Kier molecular flexibility index (Phi) is 30.5. The normalized spacial score (nSPS) is 18.3. The number of alkyl halides is 4. The van der Waals surface area contributed by atoms with Crippen molar-refractivity contribution in [3.63, 3.8) is 0 Å². The second kappa shape index (κ2) is 36.5. The fourth-order valence-corrected chi connectivity index (χ4v) is 23.6. The van der Waals surface area contributed by atoms with E-state index in [1.807, 2.05) is 0 Å². The molecule has 4 aromatic rings. The lowest BCUT2D eigenvalue weighted by atomic mass is 9.74. The Balaban J connectivity index is 1.40. The molecule has 0 N–H and O–H groups in total. The van der Waals surface area contributed by atoms with Crippen LogP contribution >= 0.6 is 95.0 Å². The lowest BCUT2D eigenvalue weighted by molar-refractivity contribution is 0.00115. The Hall–Kier alpha value is -2.36. The van der Waals surface area contributed by atoms with Gasteiger partial charge in [0.15, 0.2) is 0 Å². The van der Waals surface area contributed by atoms with E-state index in [2.05, 4.69) is 88.0 Å². The summed E-state index contributed by atoms with van der Waals surface area (Å²) in [7, 11) is -16.9. The molecule has 4 aromatic carbocycles. The van der Waals surface area contributed by atoms with Crippen LogP contribution in [0, 0.1) is 0 Å². The molecule has 0 saturated heterocycles. The number of rotatable bonds is 32. The molecule has 0 radical (unpaired) electrons. The van der Waals surface area contributed by atoms with Gasteiger partial charge >= 0.3 is 31.3 Å². The molecule has 4 aliphatic heterocycles. The molecule has 0 atom stereocenters. The molecule has 9 rings (SSSR count). The van der Waals surface area contributed by atoms with Crippen LogP contribution in [-0.2, 0) is 93.9 Å². The largest absolute Gasteiger partial charge is 0.475 e. The molecule has 0 aromatic heterocycles. The zero-order valence-electron chi connectivity index (χ0n) is 69.9.